The fourth-order valence-electron chi connectivity index (χ4n) is 4.11. The molecule has 0 fully saturated rings. The van der Waals surface area contributed by atoms with Crippen molar-refractivity contribution in [3.63, 3.8) is 0 Å². The van der Waals surface area contributed by atoms with Gasteiger partial charge in [0.25, 0.3) is 0 Å². The Balaban J connectivity index is 1.62. The van der Waals surface area contributed by atoms with Gasteiger partial charge in [-0.3, -0.25) is 15.3 Å². The lowest BCUT2D eigenvalue weighted by molar-refractivity contribution is -0.0684. The highest BCUT2D eigenvalue weighted by molar-refractivity contribution is 5.53. The van der Waals surface area contributed by atoms with Crippen molar-refractivity contribution in [3.05, 3.63) is 65.2 Å². The van der Waals surface area contributed by atoms with Crippen LogP contribution >= 0.6 is 0 Å². The zero-order valence-corrected chi connectivity index (χ0v) is 18.4. The molecule has 2 atom stereocenters. The predicted octanol–water partition coefficient (Wildman–Crippen LogP) is 1.36. The van der Waals surface area contributed by atoms with Gasteiger partial charge in [-0.25, -0.2) is 29.3 Å². The van der Waals surface area contributed by atoms with E-state index in [0.717, 1.165) is 17.4 Å². The topological polar surface area (TPSA) is 144 Å². The van der Waals surface area contributed by atoms with Gasteiger partial charge in [-0.15, -0.1) is 0 Å². The van der Waals surface area contributed by atoms with Crippen LogP contribution in [-0.2, 0) is 18.7 Å². The summed E-state index contributed by atoms with van der Waals surface area (Å²) >= 11 is 0. The number of aliphatic hydroxyl groups is 1. The van der Waals surface area contributed by atoms with Crippen molar-refractivity contribution >= 4 is 6.34 Å². The van der Waals surface area contributed by atoms with E-state index < -0.39 is 23.3 Å². The molecule has 1 aromatic carbocycles. The molecule has 0 radical (unpaired) electrons. The number of nitriles is 1. The van der Waals surface area contributed by atoms with Gasteiger partial charge < -0.3 is 5.11 Å². The molecular formula is C22H23F2N9O. The number of nitrogens with zero attached hydrogens (tertiary/aromatic N) is 7. The Morgan fingerprint density at radius 1 is 1.35 bits per heavy atom. The number of rotatable bonds is 7. The minimum Gasteiger partial charge on any atom is -0.381 e. The second-order valence-electron chi connectivity index (χ2n) is 8.12. The maximum atomic E-state index is 14.7. The minimum absolute atomic E-state index is 0.116. The quantitative estimate of drug-likeness (QED) is 0.205. The molecule has 12 heteroatoms. The lowest BCUT2D eigenvalue weighted by Crippen LogP contribution is -2.57. The lowest BCUT2D eigenvalue weighted by atomic mass is 9.85. The van der Waals surface area contributed by atoms with Crippen molar-refractivity contribution in [2.45, 2.75) is 31.7 Å². The van der Waals surface area contributed by atoms with Crippen LogP contribution in [0.1, 0.15) is 24.0 Å². The number of nitrogens with two attached hydrogens (primary N) is 1. The van der Waals surface area contributed by atoms with Gasteiger partial charge in [0.1, 0.15) is 34.8 Å². The number of halogens is 2. The number of aromatic nitrogens is 4. The second kappa shape index (κ2) is 9.22. The van der Waals surface area contributed by atoms with Crippen LogP contribution in [0.15, 0.2) is 36.5 Å². The van der Waals surface area contributed by atoms with Gasteiger partial charge in [0.05, 0.1) is 26.0 Å². The summed E-state index contributed by atoms with van der Waals surface area (Å²) in [7, 11) is 0. The third kappa shape index (κ3) is 4.36. The molecular weight excluding hydrogens is 444 g/mol. The molecule has 0 saturated heterocycles. The summed E-state index contributed by atoms with van der Waals surface area (Å²) in [6.07, 6.45) is 2.35. The van der Waals surface area contributed by atoms with Crippen molar-refractivity contribution < 1.29 is 13.9 Å². The molecule has 4 rings (SSSR count). The van der Waals surface area contributed by atoms with Gasteiger partial charge in [-0.05, 0) is 25.1 Å². The third-order valence-electron chi connectivity index (χ3n) is 6.05. The molecule has 0 saturated carbocycles. The van der Waals surface area contributed by atoms with E-state index in [1.807, 2.05) is 11.0 Å². The zero-order valence-electron chi connectivity index (χ0n) is 18.4. The first-order valence-corrected chi connectivity index (χ1v) is 10.5. The molecule has 2 aromatic heterocycles. The molecule has 0 spiro atoms. The molecule has 1 aliphatic rings. The van der Waals surface area contributed by atoms with E-state index in [2.05, 4.69) is 15.1 Å². The Morgan fingerprint density at radius 2 is 2.15 bits per heavy atom. The van der Waals surface area contributed by atoms with E-state index in [1.165, 1.54) is 12.3 Å². The standard InChI is InChI=1S/C22H23F2N9O/c1-14(22(34,12-32(27)13-26)18-5-3-16(23)8-19(18)24)31-6-7-33-20(11-31)29-21(30-33)15-2-4-17(9-25)28-10-15/h2-5,8,10,13-14,26,34H,6-7,11-12,27H2,1H3. The van der Waals surface area contributed by atoms with Crippen molar-refractivity contribution in [2.24, 2.45) is 5.84 Å². The van der Waals surface area contributed by atoms with Crippen LogP contribution in [0.4, 0.5) is 8.78 Å². The highest BCUT2D eigenvalue weighted by Gasteiger charge is 2.43. The van der Waals surface area contributed by atoms with Gasteiger partial charge in [0.15, 0.2) is 5.82 Å². The highest BCUT2D eigenvalue weighted by Crippen LogP contribution is 2.33. The van der Waals surface area contributed by atoms with Crippen molar-refractivity contribution in [3.8, 4) is 17.5 Å². The average Bonchev–Trinajstić information content (AvgIpc) is 3.26. The first-order valence-electron chi connectivity index (χ1n) is 10.5. The fraction of sp³-hybridized carbons (Fsp3) is 0.318. The third-order valence-corrected chi connectivity index (χ3v) is 6.05. The van der Waals surface area contributed by atoms with Crippen LogP contribution < -0.4 is 5.84 Å². The number of benzene rings is 1. The first kappa shape index (κ1) is 23.4. The Labute approximate surface area is 194 Å². The van der Waals surface area contributed by atoms with Crippen LogP contribution in [-0.4, -0.2) is 60.2 Å². The van der Waals surface area contributed by atoms with E-state index in [1.54, 1.807) is 23.7 Å². The normalized spacial score (nSPS) is 16.2. The molecule has 0 aliphatic carbocycles. The molecule has 4 N–H and O–H groups in total. The first-order chi connectivity index (χ1) is 16.2. The predicted molar refractivity (Wildman–Crippen MR) is 118 cm³/mol. The monoisotopic (exact) mass is 467 g/mol. The van der Waals surface area contributed by atoms with Crippen molar-refractivity contribution in [2.75, 3.05) is 13.1 Å². The average molecular weight is 467 g/mol. The van der Waals surface area contributed by atoms with Crippen molar-refractivity contribution in [1.29, 1.82) is 10.7 Å². The van der Waals surface area contributed by atoms with E-state index in [0.29, 0.717) is 48.6 Å². The summed E-state index contributed by atoms with van der Waals surface area (Å²) in [5, 5.41) is 33.4. The van der Waals surface area contributed by atoms with Crippen LogP contribution in [0.25, 0.3) is 11.4 Å². The molecule has 1 aliphatic heterocycles. The van der Waals surface area contributed by atoms with Crippen molar-refractivity contribution in [1.82, 2.24) is 29.7 Å². The maximum Gasteiger partial charge on any atom is 0.182 e. The van der Waals surface area contributed by atoms with Gasteiger partial charge >= 0.3 is 0 Å². The van der Waals surface area contributed by atoms with E-state index in [4.69, 9.17) is 16.5 Å². The number of hydrogen-bond donors (Lipinski definition) is 3. The summed E-state index contributed by atoms with van der Waals surface area (Å²) in [5.74, 6) is 5.20. The molecule has 0 amide bonds. The summed E-state index contributed by atoms with van der Waals surface area (Å²) in [6.45, 7) is 2.68. The maximum absolute atomic E-state index is 14.7. The van der Waals surface area contributed by atoms with E-state index in [9.17, 15) is 13.9 Å². The van der Waals surface area contributed by atoms with Crippen LogP contribution in [0, 0.1) is 28.4 Å². The largest absolute Gasteiger partial charge is 0.381 e. The SMILES string of the molecule is CC(N1CCn2nc(-c3ccc(C#N)nc3)nc2C1)C(O)(CN(N)C=N)c1ccc(F)cc1F. The minimum atomic E-state index is -1.86. The van der Waals surface area contributed by atoms with Gasteiger partial charge in [0.2, 0.25) is 0 Å². The molecule has 34 heavy (non-hydrogen) atoms. The van der Waals surface area contributed by atoms with E-state index >= 15 is 0 Å². The molecule has 10 nitrogen and oxygen atoms in total. The lowest BCUT2D eigenvalue weighted by Gasteiger charge is -2.43. The fourth-order valence-corrected chi connectivity index (χ4v) is 4.11. The molecule has 3 aromatic rings. The summed E-state index contributed by atoms with van der Waals surface area (Å²) in [4.78, 5) is 10.5. The Kier molecular flexibility index (Phi) is 6.34. The number of nitrogens with one attached hydrogen (secondary N) is 1. The van der Waals surface area contributed by atoms with Gasteiger partial charge in [-0.2, -0.15) is 10.4 Å². The molecule has 2 unspecified atom stereocenters. The summed E-state index contributed by atoms with van der Waals surface area (Å²) < 4.78 is 30.0. The Morgan fingerprint density at radius 3 is 2.79 bits per heavy atom. The van der Waals surface area contributed by atoms with Gasteiger partial charge in [0, 0.05) is 36.0 Å². The Bertz CT molecular complexity index is 1240. The van der Waals surface area contributed by atoms with Crippen LogP contribution in [0.5, 0.6) is 0 Å². The number of pyridine rings is 1. The molecule has 0 bridgehead atoms. The molecule has 3 heterocycles. The number of hydrogen-bond acceptors (Lipinski definition) is 8. The number of fused-ring (bicyclic) bond motifs is 1. The second-order valence-corrected chi connectivity index (χ2v) is 8.12. The van der Waals surface area contributed by atoms with Crippen LogP contribution in [0.3, 0.4) is 0 Å². The smallest absolute Gasteiger partial charge is 0.182 e. The van der Waals surface area contributed by atoms with Crippen LogP contribution in [0.2, 0.25) is 0 Å². The van der Waals surface area contributed by atoms with E-state index in [-0.39, 0.29) is 12.1 Å². The zero-order chi connectivity index (χ0) is 24.5. The molecule has 176 valence electrons. The summed E-state index contributed by atoms with van der Waals surface area (Å²) in [5.41, 5.74) is -1.02. The Hall–Kier alpha value is -3.79. The van der Waals surface area contributed by atoms with Gasteiger partial charge in [-0.1, -0.05) is 6.07 Å². The highest BCUT2D eigenvalue weighted by atomic mass is 19.1. The summed E-state index contributed by atoms with van der Waals surface area (Å²) in [6, 6.07) is 7.57. The number of hydrazine groups is 1.